The number of benzene rings is 1. The summed E-state index contributed by atoms with van der Waals surface area (Å²) in [5, 5.41) is 11.8. The molecule has 0 bridgehead atoms. The van der Waals surface area contributed by atoms with Gasteiger partial charge in [-0.2, -0.15) is 5.26 Å². The second kappa shape index (κ2) is 7.29. The lowest BCUT2D eigenvalue weighted by molar-refractivity contribution is 0.628. The number of hydrogen-bond donors (Lipinski definition) is 1. The monoisotopic (exact) mass is 319 g/mol. The van der Waals surface area contributed by atoms with Crippen LogP contribution in [0.15, 0.2) is 54.9 Å². The average molecular weight is 319 g/mol. The zero-order valence-electron chi connectivity index (χ0n) is 12.8. The van der Waals surface area contributed by atoms with Crippen LogP contribution in [0.4, 0.5) is 10.2 Å². The number of anilines is 1. The summed E-state index contributed by atoms with van der Waals surface area (Å²) in [4.78, 5) is 13.0. The number of rotatable bonds is 5. The second-order valence-electron chi connectivity index (χ2n) is 5.04. The summed E-state index contributed by atoms with van der Waals surface area (Å²) in [5.74, 6) is 0.861. The molecule has 0 fully saturated rings. The normalized spacial score (nSPS) is 10.2. The van der Waals surface area contributed by atoms with Crippen molar-refractivity contribution in [3.05, 3.63) is 60.7 Å². The molecule has 2 aromatic heterocycles. The SMILES string of the molecule is N#CCCNc1cc(-c2ccc(F)cc2)nc(-c2ccncc2)n1. The maximum atomic E-state index is 13.1. The van der Waals surface area contributed by atoms with E-state index in [-0.39, 0.29) is 5.82 Å². The van der Waals surface area contributed by atoms with Gasteiger partial charge in [-0.3, -0.25) is 4.98 Å². The fourth-order valence-corrected chi connectivity index (χ4v) is 2.18. The van der Waals surface area contributed by atoms with Crippen LogP contribution in [0, 0.1) is 17.1 Å². The van der Waals surface area contributed by atoms with E-state index in [2.05, 4.69) is 26.3 Å². The molecule has 5 nitrogen and oxygen atoms in total. The van der Waals surface area contributed by atoms with Gasteiger partial charge in [0.15, 0.2) is 5.82 Å². The Balaban J connectivity index is 2.02. The van der Waals surface area contributed by atoms with Gasteiger partial charge in [0, 0.05) is 36.1 Å². The molecule has 2 heterocycles. The number of aromatic nitrogens is 3. The Morgan fingerprint density at radius 3 is 2.46 bits per heavy atom. The minimum absolute atomic E-state index is 0.297. The smallest absolute Gasteiger partial charge is 0.162 e. The third-order valence-corrected chi connectivity index (χ3v) is 3.35. The van der Waals surface area contributed by atoms with E-state index in [1.54, 1.807) is 30.6 Å². The summed E-state index contributed by atoms with van der Waals surface area (Å²) in [6.45, 7) is 0.492. The van der Waals surface area contributed by atoms with E-state index in [1.165, 1.54) is 12.1 Å². The van der Waals surface area contributed by atoms with Crippen molar-refractivity contribution in [2.75, 3.05) is 11.9 Å². The fourth-order valence-electron chi connectivity index (χ4n) is 2.18. The van der Waals surface area contributed by atoms with Crippen molar-refractivity contribution in [1.82, 2.24) is 15.0 Å². The highest BCUT2D eigenvalue weighted by molar-refractivity contribution is 5.67. The molecule has 0 saturated heterocycles. The molecule has 3 rings (SSSR count). The molecule has 0 aliphatic carbocycles. The number of pyridine rings is 1. The van der Waals surface area contributed by atoms with Gasteiger partial charge in [0.05, 0.1) is 18.2 Å². The van der Waals surface area contributed by atoms with Gasteiger partial charge in [0.2, 0.25) is 0 Å². The lowest BCUT2D eigenvalue weighted by Crippen LogP contribution is -2.05. The first kappa shape index (κ1) is 15.6. The minimum Gasteiger partial charge on any atom is -0.369 e. The molecule has 0 unspecified atom stereocenters. The summed E-state index contributed by atoms with van der Waals surface area (Å²) >= 11 is 0. The Labute approximate surface area is 138 Å². The largest absolute Gasteiger partial charge is 0.369 e. The summed E-state index contributed by atoms with van der Waals surface area (Å²) in [5.41, 5.74) is 2.30. The maximum Gasteiger partial charge on any atom is 0.162 e. The Hall–Kier alpha value is -3.33. The van der Waals surface area contributed by atoms with Crippen LogP contribution in [-0.4, -0.2) is 21.5 Å². The molecular formula is C18H14FN5. The van der Waals surface area contributed by atoms with E-state index in [0.29, 0.717) is 30.3 Å². The van der Waals surface area contributed by atoms with Gasteiger partial charge in [-0.05, 0) is 36.4 Å². The predicted octanol–water partition coefficient (Wildman–Crippen LogP) is 3.67. The molecule has 1 aromatic carbocycles. The molecule has 1 N–H and O–H groups in total. The molecule has 6 heteroatoms. The van der Waals surface area contributed by atoms with E-state index >= 15 is 0 Å². The molecule has 0 saturated carbocycles. The highest BCUT2D eigenvalue weighted by Gasteiger charge is 2.09. The Morgan fingerprint density at radius 2 is 1.75 bits per heavy atom. The lowest BCUT2D eigenvalue weighted by Gasteiger charge is -2.09. The van der Waals surface area contributed by atoms with Gasteiger partial charge in [0.1, 0.15) is 11.6 Å². The first-order valence-corrected chi connectivity index (χ1v) is 7.42. The van der Waals surface area contributed by atoms with Crippen LogP contribution >= 0.6 is 0 Å². The topological polar surface area (TPSA) is 74.5 Å². The molecule has 24 heavy (non-hydrogen) atoms. The summed E-state index contributed by atoms with van der Waals surface area (Å²) in [7, 11) is 0. The van der Waals surface area contributed by atoms with Crippen LogP contribution in [0.3, 0.4) is 0 Å². The van der Waals surface area contributed by atoms with Crippen LogP contribution < -0.4 is 5.32 Å². The van der Waals surface area contributed by atoms with Gasteiger partial charge in [-0.1, -0.05) is 0 Å². The Bertz CT molecular complexity index is 857. The van der Waals surface area contributed by atoms with E-state index < -0.39 is 0 Å². The van der Waals surface area contributed by atoms with Crippen molar-refractivity contribution in [2.45, 2.75) is 6.42 Å². The van der Waals surface area contributed by atoms with E-state index in [4.69, 9.17) is 5.26 Å². The van der Waals surface area contributed by atoms with Crippen LogP contribution in [-0.2, 0) is 0 Å². The molecule has 3 aromatic rings. The third-order valence-electron chi connectivity index (χ3n) is 3.35. The molecule has 0 amide bonds. The molecule has 0 atom stereocenters. The number of nitrogens with zero attached hydrogens (tertiary/aromatic N) is 4. The lowest BCUT2D eigenvalue weighted by atomic mass is 10.1. The molecule has 0 aliphatic heterocycles. The van der Waals surface area contributed by atoms with E-state index in [9.17, 15) is 4.39 Å². The molecule has 0 spiro atoms. The van der Waals surface area contributed by atoms with E-state index in [1.807, 2.05) is 12.1 Å². The summed E-state index contributed by atoms with van der Waals surface area (Å²) < 4.78 is 13.1. The molecule has 0 radical (unpaired) electrons. The van der Waals surface area contributed by atoms with Crippen LogP contribution in [0.5, 0.6) is 0 Å². The standard InChI is InChI=1S/C18H14FN5/c19-15-4-2-13(3-5-15)16-12-17(22-9-1-8-20)24-18(23-16)14-6-10-21-11-7-14/h2-7,10-12H,1,9H2,(H,22,23,24). The number of halogens is 1. The van der Waals surface area contributed by atoms with Crippen molar-refractivity contribution in [1.29, 1.82) is 5.26 Å². The van der Waals surface area contributed by atoms with Crippen molar-refractivity contribution in [2.24, 2.45) is 0 Å². The summed E-state index contributed by atoms with van der Waals surface area (Å²) in [6.07, 6.45) is 3.72. The zero-order chi connectivity index (χ0) is 16.8. The van der Waals surface area contributed by atoms with Crippen molar-refractivity contribution < 1.29 is 4.39 Å². The van der Waals surface area contributed by atoms with Gasteiger partial charge in [0.25, 0.3) is 0 Å². The van der Waals surface area contributed by atoms with Crippen LogP contribution in [0.25, 0.3) is 22.6 Å². The Kier molecular flexibility index (Phi) is 4.73. The van der Waals surface area contributed by atoms with Crippen molar-refractivity contribution in [3.63, 3.8) is 0 Å². The van der Waals surface area contributed by atoms with Crippen molar-refractivity contribution in [3.8, 4) is 28.7 Å². The van der Waals surface area contributed by atoms with Gasteiger partial charge in [-0.15, -0.1) is 0 Å². The number of hydrogen-bond acceptors (Lipinski definition) is 5. The quantitative estimate of drug-likeness (QED) is 0.726. The van der Waals surface area contributed by atoms with Crippen molar-refractivity contribution >= 4 is 5.82 Å². The number of nitrogens with one attached hydrogen (secondary N) is 1. The van der Waals surface area contributed by atoms with E-state index in [0.717, 1.165) is 11.1 Å². The molecular weight excluding hydrogens is 305 g/mol. The highest BCUT2D eigenvalue weighted by Crippen LogP contribution is 2.24. The maximum absolute atomic E-state index is 13.1. The van der Waals surface area contributed by atoms with Gasteiger partial charge >= 0.3 is 0 Å². The van der Waals surface area contributed by atoms with Crippen LogP contribution in [0.1, 0.15) is 6.42 Å². The fraction of sp³-hybridized carbons (Fsp3) is 0.111. The zero-order valence-corrected chi connectivity index (χ0v) is 12.8. The Morgan fingerprint density at radius 1 is 1.00 bits per heavy atom. The van der Waals surface area contributed by atoms with Gasteiger partial charge < -0.3 is 5.32 Å². The van der Waals surface area contributed by atoms with Crippen LogP contribution in [0.2, 0.25) is 0 Å². The molecule has 0 aliphatic rings. The molecule has 118 valence electrons. The third kappa shape index (κ3) is 3.70. The number of nitriles is 1. The predicted molar refractivity (Wildman–Crippen MR) is 89.4 cm³/mol. The second-order valence-corrected chi connectivity index (χ2v) is 5.04. The first-order valence-electron chi connectivity index (χ1n) is 7.42. The minimum atomic E-state index is -0.297. The van der Waals surface area contributed by atoms with Gasteiger partial charge in [-0.25, -0.2) is 14.4 Å². The highest BCUT2D eigenvalue weighted by atomic mass is 19.1. The summed E-state index contributed by atoms with van der Waals surface area (Å²) in [6, 6.07) is 13.7. The first-order chi connectivity index (χ1) is 11.8. The average Bonchev–Trinajstić information content (AvgIpc) is 2.63.